The molecule has 0 bridgehead atoms. The highest BCUT2D eigenvalue weighted by Crippen LogP contribution is 2.31. The second-order valence-electron chi connectivity index (χ2n) is 2.93. The molecule has 2 rings (SSSR count). The first-order valence-corrected chi connectivity index (χ1v) is 5.22. The van der Waals surface area contributed by atoms with E-state index in [-0.39, 0.29) is 0 Å². The lowest BCUT2D eigenvalue weighted by atomic mass is 10.3. The zero-order valence-electron chi connectivity index (χ0n) is 8.23. The van der Waals surface area contributed by atoms with Gasteiger partial charge in [0.05, 0.1) is 18.2 Å². The molecule has 0 aliphatic heterocycles. The first-order valence-electron chi connectivity index (χ1n) is 4.40. The van der Waals surface area contributed by atoms with E-state index in [4.69, 9.17) is 10.5 Å². The fourth-order valence-corrected chi connectivity index (χ4v) is 1.92. The number of nitrogens with one attached hydrogen (secondary N) is 1. The second-order valence-corrected chi connectivity index (χ2v) is 4.04. The van der Waals surface area contributed by atoms with Crippen LogP contribution in [0, 0.1) is 0 Å². The van der Waals surface area contributed by atoms with Crippen molar-refractivity contribution in [3.63, 3.8) is 0 Å². The molecule has 0 aliphatic rings. The van der Waals surface area contributed by atoms with Gasteiger partial charge in [-0.05, 0) is 24.3 Å². The molecular formula is C10H11N3OS. The number of methoxy groups -OCH3 is 1. The van der Waals surface area contributed by atoms with E-state index in [1.165, 1.54) is 0 Å². The number of anilines is 1. The topological polar surface area (TPSA) is 63.9 Å². The number of nitrogen functional groups attached to an aromatic ring is 1. The Morgan fingerprint density at radius 1 is 1.33 bits per heavy atom. The lowest BCUT2D eigenvalue weighted by molar-refractivity contribution is 0.414. The first-order chi connectivity index (χ1) is 7.29. The van der Waals surface area contributed by atoms with Gasteiger partial charge in [-0.25, -0.2) is 0 Å². The van der Waals surface area contributed by atoms with Crippen molar-refractivity contribution in [2.24, 2.45) is 0 Å². The minimum Gasteiger partial charge on any atom is -0.497 e. The van der Waals surface area contributed by atoms with Crippen molar-refractivity contribution < 1.29 is 4.74 Å². The molecule has 1 aromatic carbocycles. The predicted molar refractivity (Wildman–Crippen MR) is 60.1 cm³/mol. The number of hydrogen-bond acceptors (Lipinski definition) is 4. The molecule has 0 spiro atoms. The Bertz CT molecular complexity index is 438. The quantitative estimate of drug-likeness (QED) is 0.833. The molecule has 2 aromatic rings. The third-order valence-corrected chi connectivity index (χ3v) is 2.97. The number of aromatic nitrogens is 2. The van der Waals surface area contributed by atoms with Crippen LogP contribution in [0.1, 0.15) is 0 Å². The van der Waals surface area contributed by atoms with Crippen LogP contribution in [0.15, 0.2) is 40.3 Å². The van der Waals surface area contributed by atoms with Crippen molar-refractivity contribution in [1.29, 1.82) is 0 Å². The second kappa shape index (κ2) is 4.27. The molecule has 0 saturated carbocycles. The molecule has 0 aliphatic carbocycles. The summed E-state index contributed by atoms with van der Waals surface area (Å²) in [7, 11) is 1.65. The summed E-state index contributed by atoms with van der Waals surface area (Å²) in [5, 5.41) is 6.55. The van der Waals surface area contributed by atoms with Crippen LogP contribution in [-0.2, 0) is 0 Å². The van der Waals surface area contributed by atoms with E-state index in [1.807, 2.05) is 24.3 Å². The molecule has 0 amide bonds. The third-order valence-electron chi connectivity index (χ3n) is 1.92. The largest absolute Gasteiger partial charge is 0.497 e. The summed E-state index contributed by atoms with van der Waals surface area (Å²) in [5.74, 6) is 1.44. The molecular weight excluding hydrogens is 210 g/mol. The van der Waals surface area contributed by atoms with Crippen LogP contribution in [0.4, 0.5) is 5.82 Å². The van der Waals surface area contributed by atoms with Crippen molar-refractivity contribution in [3.8, 4) is 5.75 Å². The smallest absolute Gasteiger partial charge is 0.133 e. The summed E-state index contributed by atoms with van der Waals surface area (Å²) in [5.41, 5.74) is 5.68. The van der Waals surface area contributed by atoms with E-state index >= 15 is 0 Å². The van der Waals surface area contributed by atoms with Gasteiger partial charge in [0.1, 0.15) is 11.6 Å². The summed E-state index contributed by atoms with van der Waals surface area (Å²) in [4.78, 5) is 2.03. The van der Waals surface area contributed by atoms with Gasteiger partial charge in [-0.15, -0.1) is 0 Å². The zero-order chi connectivity index (χ0) is 10.7. The Labute approximate surface area is 91.8 Å². The van der Waals surface area contributed by atoms with Crippen LogP contribution < -0.4 is 10.5 Å². The van der Waals surface area contributed by atoms with Gasteiger partial charge in [-0.1, -0.05) is 11.8 Å². The number of aromatic amines is 1. The monoisotopic (exact) mass is 221 g/mol. The van der Waals surface area contributed by atoms with E-state index in [0.717, 1.165) is 15.5 Å². The van der Waals surface area contributed by atoms with E-state index in [2.05, 4.69) is 10.2 Å². The van der Waals surface area contributed by atoms with Crippen LogP contribution in [0.25, 0.3) is 0 Å². The third kappa shape index (κ3) is 2.24. The molecule has 15 heavy (non-hydrogen) atoms. The normalized spacial score (nSPS) is 10.2. The van der Waals surface area contributed by atoms with Crippen molar-refractivity contribution in [2.45, 2.75) is 9.79 Å². The maximum Gasteiger partial charge on any atom is 0.133 e. The van der Waals surface area contributed by atoms with Gasteiger partial charge in [0.15, 0.2) is 0 Å². The summed E-state index contributed by atoms with van der Waals surface area (Å²) in [6.07, 6.45) is 1.71. The molecule has 5 heteroatoms. The van der Waals surface area contributed by atoms with Crippen LogP contribution in [0.3, 0.4) is 0 Å². The van der Waals surface area contributed by atoms with Crippen LogP contribution in [0.2, 0.25) is 0 Å². The van der Waals surface area contributed by atoms with Gasteiger partial charge in [-0.3, -0.25) is 5.10 Å². The summed E-state index contributed by atoms with van der Waals surface area (Å²) in [6.45, 7) is 0. The molecule has 1 aromatic heterocycles. The molecule has 0 saturated heterocycles. The van der Waals surface area contributed by atoms with E-state index in [0.29, 0.717) is 5.82 Å². The fraction of sp³-hybridized carbons (Fsp3) is 0.100. The first kappa shape index (κ1) is 9.92. The number of hydrogen-bond donors (Lipinski definition) is 2. The Morgan fingerprint density at radius 3 is 2.60 bits per heavy atom. The average Bonchev–Trinajstić information content (AvgIpc) is 2.66. The van der Waals surface area contributed by atoms with Gasteiger partial charge in [0, 0.05) is 4.90 Å². The predicted octanol–water partition coefficient (Wildman–Crippen LogP) is 2.15. The maximum atomic E-state index is 5.68. The fourth-order valence-electron chi connectivity index (χ4n) is 1.14. The lowest BCUT2D eigenvalue weighted by Gasteiger charge is -2.01. The van der Waals surface area contributed by atoms with Crippen molar-refractivity contribution in [2.75, 3.05) is 12.8 Å². The average molecular weight is 221 g/mol. The summed E-state index contributed by atoms with van der Waals surface area (Å²) < 4.78 is 5.08. The highest BCUT2D eigenvalue weighted by Gasteiger charge is 2.03. The van der Waals surface area contributed by atoms with Crippen molar-refractivity contribution in [3.05, 3.63) is 30.5 Å². The molecule has 4 nitrogen and oxygen atoms in total. The highest BCUT2D eigenvalue weighted by atomic mass is 32.2. The minimum atomic E-state index is 0.593. The molecule has 0 fully saturated rings. The Hall–Kier alpha value is -1.62. The van der Waals surface area contributed by atoms with Crippen LogP contribution in [-0.4, -0.2) is 17.3 Å². The molecule has 0 radical (unpaired) electrons. The number of rotatable bonds is 3. The van der Waals surface area contributed by atoms with Crippen molar-refractivity contribution in [1.82, 2.24) is 10.2 Å². The zero-order valence-corrected chi connectivity index (χ0v) is 9.04. The molecule has 1 heterocycles. The Balaban J connectivity index is 2.14. The van der Waals surface area contributed by atoms with Crippen molar-refractivity contribution >= 4 is 17.6 Å². The maximum absolute atomic E-state index is 5.68. The minimum absolute atomic E-state index is 0.593. The number of nitrogens with two attached hydrogens (primary N) is 1. The van der Waals surface area contributed by atoms with E-state index < -0.39 is 0 Å². The van der Waals surface area contributed by atoms with Gasteiger partial charge < -0.3 is 10.5 Å². The SMILES string of the molecule is COc1ccc(Sc2cn[nH]c2N)cc1. The van der Waals surface area contributed by atoms with Gasteiger partial charge in [-0.2, -0.15) is 5.10 Å². The number of benzene rings is 1. The van der Waals surface area contributed by atoms with Gasteiger partial charge in [0.2, 0.25) is 0 Å². The van der Waals surface area contributed by atoms with Crippen LogP contribution in [0.5, 0.6) is 5.75 Å². The molecule has 3 N–H and O–H groups in total. The number of H-pyrrole nitrogens is 1. The standard InChI is InChI=1S/C10H11N3OS/c1-14-7-2-4-8(5-3-7)15-9-6-12-13-10(9)11/h2-6H,1H3,(H3,11,12,13). The number of nitrogens with zero attached hydrogens (tertiary/aromatic N) is 1. The molecule has 78 valence electrons. The van der Waals surface area contributed by atoms with Gasteiger partial charge in [0.25, 0.3) is 0 Å². The highest BCUT2D eigenvalue weighted by molar-refractivity contribution is 7.99. The molecule has 0 atom stereocenters. The lowest BCUT2D eigenvalue weighted by Crippen LogP contribution is -1.86. The van der Waals surface area contributed by atoms with E-state index in [1.54, 1.807) is 25.1 Å². The van der Waals surface area contributed by atoms with E-state index in [9.17, 15) is 0 Å². The molecule has 0 unspecified atom stereocenters. The van der Waals surface area contributed by atoms with Crippen LogP contribution >= 0.6 is 11.8 Å². The Morgan fingerprint density at radius 2 is 2.07 bits per heavy atom. The Kier molecular flexibility index (Phi) is 2.82. The summed E-state index contributed by atoms with van der Waals surface area (Å²) in [6, 6.07) is 7.79. The summed E-state index contributed by atoms with van der Waals surface area (Å²) >= 11 is 1.57. The van der Waals surface area contributed by atoms with Gasteiger partial charge >= 0.3 is 0 Å². The number of ether oxygens (including phenoxy) is 1.